The maximum atomic E-state index is 13.1. The third-order valence-corrected chi connectivity index (χ3v) is 3.33. The van der Waals surface area contributed by atoms with Gasteiger partial charge in [0.1, 0.15) is 5.82 Å². The molecule has 4 nitrogen and oxygen atoms in total. The lowest BCUT2D eigenvalue weighted by molar-refractivity contribution is 0.613. The van der Waals surface area contributed by atoms with Gasteiger partial charge in [0.25, 0.3) is 0 Å². The van der Waals surface area contributed by atoms with E-state index >= 15 is 0 Å². The van der Waals surface area contributed by atoms with Gasteiger partial charge in [-0.1, -0.05) is 22.0 Å². The normalized spacial score (nSPS) is 12.4. The first-order valence-electron chi connectivity index (χ1n) is 5.24. The molecule has 5 N–H and O–H groups in total. The van der Waals surface area contributed by atoms with Crippen molar-refractivity contribution in [2.45, 2.75) is 6.04 Å². The van der Waals surface area contributed by atoms with Crippen LogP contribution in [0.25, 0.3) is 0 Å². The molecule has 0 saturated heterocycles. The van der Waals surface area contributed by atoms with Crippen LogP contribution in [0.3, 0.4) is 0 Å². The van der Waals surface area contributed by atoms with Gasteiger partial charge in [0, 0.05) is 28.1 Å². The van der Waals surface area contributed by atoms with Crippen LogP contribution in [0.4, 0.5) is 10.1 Å². The first kappa shape index (κ1) is 12.9. The van der Waals surface area contributed by atoms with Crippen LogP contribution in [0.2, 0.25) is 0 Å². The van der Waals surface area contributed by atoms with Gasteiger partial charge in [0.05, 0.1) is 6.04 Å². The summed E-state index contributed by atoms with van der Waals surface area (Å²) in [6.07, 6.45) is 3.24. The van der Waals surface area contributed by atoms with Gasteiger partial charge in [-0.25, -0.2) is 9.82 Å². The number of nitrogens with one attached hydrogen (secondary N) is 1. The van der Waals surface area contributed by atoms with E-state index in [1.54, 1.807) is 24.5 Å². The molecular weight excluding hydrogens is 299 g/mol. The average molecular weight is 311 g/mol. The van der Waals surface area contributed by atoms with Crippen LogP contribution in [-0.4, -0.2) is 4.98 Å². The molecule has 0 spiro atoms. The lowest BCUT2D eigenvalue weighted by Crippen LogP contribution is -2.29. The molecule has 2 rings (SSSR count). The monoisotopic (exact) mass is 310 g/mol. The van der Waals surface area contributed by atoms with Gasteiger partial charge in [-0.05, 0) is 23.8 Å². The van der Waals surface area contributed by atoms with Crippen LogP contribution in [0.15, 0.2) is 41.1 Å². The summed E-state index contributed by atoms with van der Waals surface area (Å²) in [6, 6.07) is 5.74. The number of pyridine rings is 1. The smallest absolute Gasteiger partial charge is 0.124 e. The zero-order valence-corrected chi connectivity index (χ0v) is 11.0. The van der Waals surface area contributed by atoms with Crippen LogP contribution in [0, 0.1) is 5.82 Å². The quantitative estimate of drug-likeness (QED) is 0.599. The molecule has 94 valence electrons. The second-order valence-electron chi connectivity index (χ2n) is 3.77. The van der Waals surface area contributed by atoms with Crippen LogP contribution < -0.4 is 17.0 Å². The van der Waals surface area contributed by atoms with Gasteiger partial charge < -0.3 is 5.73 Å². The number of halogens is 2. The summed E-state index contributed by atoms with van der Waals surface area (Å²) >= 11 is 3.31. The van der Waals surface area contributed by atoms with E-state index in [0.717, 1.165) is 11.1 Å². The number of nitrogens with zero attached hydrogens (tertiary/aromatic N) is 1. The molecule has 0 aliphatic rings. The Bertz CT molecular complexity index is 562. The molecule has 1 heterocycles. The number of rotatable bonds is 3. The van der Waals surface area contributed by atoms with E-state index in [9.17, 15) is 4.39 Å². The summed E-state index contributed by atoms with van der Waals surface area (Å²) in [5.74, 6) is 5.25. The fourth-order valence-corrected chi connectivity index (χ4v) is 2.32. The molecule has 0 radical (unpaired) electrons. The summed E-state index contributed by atoms with van der Waals surface area (Å²) in [5, 5.41) is 0. The first-order chi connectivity index (χ1) is 8.63. The van der Waals surface area contributed by atoms with Crippen LogP contribution in [0.5, 0.6) is 0 Å². The molecule has 2 aromatic rings. The summed E-state index contributed by atoms with van der Waals surface area (Å²) in [6.45, 7) is 0. The third-order valence-electron chi connectivity index (χ3n) is 2.64. The summed E-state index contributed by atoms with van der Waals surface area (Å²) in [4.78, 5) is 4.02. The molecule has 0 saturated carbocycles. The maximum absolute atomic E-state index is 13.1. The van der Waals surface area contributed by atoms with E-state index in [4.69, 9.17) is 11.6 Å². The Labute approximate surface area is 112 Å². The Morgan fingerprint density at radius 3 is 2.67 bits per heavy atom. The zero-order chi connectivity index (χ0) is 13.1. The van der Waals surface area contributed by atoms with Gasteiger partial charge in [0.15, 0.2) is 0 Å². The maximum Gasteiger partial charge on any atom is 0.124 e. The molecule has 0 aliphatic carbocycles. The van der Waals surface area contributed by atoms with Crippen LogP contribution >= 0.6 is 15.9 Å². The highest BCUT2D eigenvalue weighted by atomic mass is 79.9. The molecule has 6 heteroatoms. The number of benzene rings is 1. The minimum Gasteiger partial charge on any atom is -0.398 e. The highest BCUT2D eigenvalue weighted by Crippen LogP contribution is 2.30. The van der Waals surface area contributed by atoms with Crippen LogP contribution in [-0.2, 0) is 0 Å². The van der Waals surface area contributed by atoms with Crippen molar-refractivity contribution in [1.82, 2.24) is 10.4 Å². The SMILES string of the molecule is NNC(c1cnccc1N)c1ccc(F)cc1Br. The number of nitrogen functional groups attached to an aromatic ring is 1. The Morgan fingerprint density at radius 1 is 1.28 bits per heavy atom. The first-order valence-corrected chi connectivity index (χ1v) is 6.03. The van der Waals surface area contributed by atoms with Gasteiger partial charge in [-0.2, -0.15) is 0 Å². The van der Waals surface area contributed by atoms with Gasteiger partial charge >= 0.3 is 0 Å². The molecule has 0 fully saturated rings. The lowest BCUT2D eigenvalue weighted by atomic mass is 9.99. The number of hydrogen-bond donors (Lipinski definition) is 3. The van der Waals surface area contributed by atoms with Gasteiger partial charge in [-0.15, -0.1) is 0 Å². The highest BCUT2D eigenvalue weighted by Gasteiger charge is 2.18. The summed E-state index contributed by atoms with van der Waals surface area (Å²) in [5.41, 5.74) is 10.7. The van der Waals surface area contributed by atoms with E-state index in [-0.39, 0.29) is 11.9 Å². The largest absolute Gasteiger partial charge is 0.398 e. The highest BCUT2D eigenvalue weighted by molar-refractivity contribution is 9.10. The topological polar surface area (TPSA) is 77.0 Å². The Kier molecular flexibility index (Phi) is 3.90. The number of aromatic nitrogens is 1. The minimum atomic E-state index is -0.353. The van der Waals surface area contributed by atoms with Gasteiger partial charge in [-0.3, -0.25) is 10.8 Å². The molecule has 0 bridgehead atoms. The predicted molar refractivity (Wildman–Crippen MR) is 71.9 cm³/mol. The van der Waals surface area contributed by atoms with E-state index in [1.807, 2.05) is 0 Å². The number of nitrogens with two attached hydrogens (primary N) is 2. The van der Waals surface area contributed by atoms with Crippen molar-refractivity contribution in [3.05, 3.63) is 58.1 Å². The number of anilines is 1. The summed E-state index contributed by atoms with van der Waals surface area (Å²) in [7, 11) is 0. The lowest BCUT2D eigenvalue weighted by Gasteiger charge is -2.19. The molecule has 1 aromatic carbocycles. The standard InChI is InChI=1S/C12H12BrFN4/c13-10-5-7(14)1-2-8(10)12(18-16)9-6-17-4-3-11(9)15/h1-6,12,18H,16H2,(H2,15,17). The van der Waals surface area contributed by atoms with Crippen molar-refractivity contribution in [1.29, 1.82) is 0 Å². The van der Waals surface area contributed by atoms with Crippen molar-refractivity contribution in [3.63, 3.8) is 0 Å². The Hall–Kier alpha value is -1.50. The molecule has 1 unspecified atom stereocenters. The van der Waals surface area contributed by atoms with E-state index < -0.39 is 0 Å². The molecular formula is C12H12BrFN4. The minimum absolute atomic E-state index is 0.319. The Morgan fingerprint density at radius 2 is 2.06 bits per heavy atom. The fourth-order valence-electron chi connectivity index (χ4n) is 1.74. The second kappa shape index (κ2) is 5.43. The molecule has 18 heavy (non-hydrogen) atoms. The van der Waals surface area contributed by atoms with E-state index in [0.29, 0.717) is 10.2 Å². The van der Waals surface area contributed by atoms with Crippen LogP contribution in [0.1, 0.15) is 17.2 Å². The number of hydrazine groups is 1. The van der Waals surface area contributed by atoms with E-state index in [2.05, 4.69) is 26.3 Å². The second-order valence-corrected chi connectivity index (χ2v) is 4.62. The van der Waals surface area contributed by atoms with Crippen molar-refractivity contribution in [2.75, 3.05) is 5.73 Å². The average Bonchev–Trinajstić information content (AvgIpc) is 2.34. The molecule has 1 atom stereocenters. The Balaban J connectivity index is 2.49. The zero-order valence-electron chi connectivity index (χ0n) is 9.40. The molecule has 0 aliphatic heterocycles. The number of hydrogen-bond acceptors (Lipinski definition) is 4. The van der Waals surface area contributed by atoms with E-state index in [1.165, 1.54) is 12.1 Å². The summed E-state index contributed by atoms with van der Waals surface area (Å²) < 4.78 is 13.7. The molecule has 0 amide bonds. The third kappa shape index (κ3) is 2.50. The van der Waals surface area contributed by atoms with Gasteiger partial charge in [0.2, 0.25) is 0 Å². The van der Waals surface area contributed by atoms with Crippen molar-refractivity contribution < 1.29 is 4.39 Å². The predicted octanol–water partition coefficient (Wildman–Crippen LogP) is 2.12. The van der Waals surface area contributed by atoms with Crippen molar-refractivity contribution in [3.8, 4) is 0 Å². The van der Waals surface area contributed by atoms with Crippen molar-refractivity contribution in [2.24, 2.45) is 5.84 Å². The van der Waals surface area contributed by atoms with Crippen molar-refractivity contribution >= 4 is 21.6 Å². The molecule has 1 aromatic heterocycles. The fraction of sp³-hybridized carbons (Fsp3) is 0.0833.